The summed E-state index contributed by atoms with van der Waals surface area (Å²) in [6.07, 6.45) is 8.62. The Balaban J connectivity index is 1.63. The highest BCUT2D eigenvalue weighted by molar-refractivity contribution is 5.79. The van der Waals surface area contributed by atoms with Crippen LogP contribution < -0.4 is 15.8 Å². The van der Waals surface area contributed by atoms with Gasteiger partial charge >= 0.3 is 11.9 Å². The Morgan fingerprint density at radius 2 is 1.80 bits per heavy atom. The number of fused-ring (bicyclic) bond motifs is 2. The van der Waals surface area contributed by atoms with Crippen molar-refractivity contribution in [2.75, 3.05) is 33.5 Å². The number of methoxy groups -OCH3 is 1. The number of phenolic OH excluding ortho intramolecular Hbond substituents is 1. The number of hydrogen-bond donors (Lipinski definition) is 5. The summed E-state index contributed by atoms with van der Waals surface area (Å²) in [6.45, 7) is 8.29. The van der Waals surface area contributed by atoms with Gasteiger partial charge in [0, 0.05) is 40.5 Å². The van der Waals surface area contributed by atoms with Crippen molar-refractivity contribution in [1.82, 2.24) is 5.32 Å². The first kappa shape index (κ1) is 39.5. The quantitative estimate of drug-likeness (QED) is 0.150. The number of esters is 2. The lowest BCUT2D eigenvalue weighted by atomic mass is 9.60. The summed E-state index contributed by atoms with van der Waals surface area (Å²) in [7, 11) is 1.70. The third-order valence-electron chi connectivity index (χ3n) is 11.0. The SMILES string of the molecule is COCCC1C(O)CC(C(CC(CCc2cc(OCCO)c(O)cc2C2=CCNC(N)=C2)OC(C)=O)OC(C)=O)CC2CC1CCC2C(C)C. The van der Waals surface area contributed by atoms with Gasteiger partial charge in [0.1, 0.15) is 18.8 Å². The van der Waals surface area contributed by atoms with Gasteiger partial charge in [-0.2, -0.15) is 0 Å². The molecular formula is C39H60N2O9. The largest absolute Gasteiger partial charge is 0.504 e. The van der Waals surface area contributed by atoms with Crippen LogP contribution in [0.2, 0.25) is 0 Å². The van der Waals surface area contributed by atoms with Crippen molar-refractivity contribution >= 4 is 17.5 Å². The third-order valence-corrected chi connectivity index (χ3v) is 11.0. The molecule has 11 nitrogen and oxygen atoms in total. The van der Waals surface area contributed by atoms with Crippen LogP contribution in [0.5, 0.6) is 11.5 Å². The van der Waals surface area contributed by atoms with Gasteiger partial charge in [0.15, 0.2) is 11.5 Å². The summed E-state index contributed by atoms with van der Waals surface area (Å²) in [6, 6.07) is 3.38. The number of nitrogens with two attached hydrogens (primary N) is 1. The molecule has 8 atom stereocenters. The minimum Gasteiger partial charge on any atom is -0.504 e. The molecule has 2 fully saturated rings. The van der Waals surface area contributed by atoms with Gasteiger partial charge in [-0.05, 0) is 122 Å². The number of benzene rings is 1. The van der Waals surface area contributed by atoms with Crippen molar-refractivity contribution in [3.8, 4) is 11.5 Å². The second-order valence-corrected chi connectivity index (χ2v) is 14.8. The predicted octanol–water partition coefficient (Wildman–Crippen LogP) is 4.85. The number of hydrogen-bond acceptors (Lipinski definition) is 11. The van der Waals surface area contributed by atoms with Crippen molar-refractivity contribution in [3.63, 3.8) is 0 Å². The number of aliphatic hydroxyl groups is 2. The van der Waals surface area contributed by atoms with E-state index in [9.17, 15) is 24.9 Å². The van der Waals surface area contributed by atoms with E-state index in [0.717, 1.165) is 48.8 Å². The topological polar surface area (TPSA) is 170 Å². The van der Waals surface area contributed by atoms with Gasteiger partial charge in [-0.1, -0.05) is 19.9 Å². The van der Waals surface area contributed by atoms with Gasteiger partial charge in [-0.25, -0.2) is 0 Å². The lowest BCUT2D eigenvalue weighted by molar-refractivity contribution is -0.158. The molecule has 11 heteroatoms. The van der Waals surface area contributed by atoms with Crippen molar-refractivity contribution in [2.45, 2.75) is 104 Å². The number of aliphatic hydroxyl groups excluding tert-OH is 2. The van der Waals surface area contributed by atoms with Gasteiger partial charge in [0.2, 0.25) is 0 Å². The van der Waals surface area contributed by atoms with Crippen LogP contribution in [0, 0.1) is 35.5 Å². The zero-order valence-electron chi connectivity index (χ0n) is 30.6. The van der Waals surface area contributed by atoms with Crippen LogP contribution in [0.3, 0.4) is 0 Å². The Morgan fingerprint density at radius 3 is 2.46 bits per heavy atom. The van der Waals surface area contributed by atoms with Gasteiger partial charge in [0.05, 0.1) is 18.5 Å². The second kappa shape index (κ2) is 18.8. The molecule has 0 amide bonds. The molecule has 1 heterocycles. The third kappa shape index (κ3) is 10.9. The summed E-state index contributed by atoms with van der Waals surface area (Å²) in [5, 5.41) is 34.9. The summed E-state index contributed by atoms with van der Waals surface area (Å²) in [5.74, 6) is 1.80. The summed E-state index contributed by atoms with van der Waals surface area (Å²) >= 11 is 0. The average molecular weight is 701 g/mol. The molecule has 50 heavy (non-hydrogen) atoms. The number of allylic oxidation sites excluding steroid dienone is 2. The normalized spacial score (nSPS) is 26.4. The minimum atomic E-state index is -0.588. The highest BCUT2D eigenvalue weighted by Gasteiger charge is 2.44. The average Bonchev–Trinajstić information content (AvgIpc) is 3.05. The number of aryl methyl sites for hydroxylation is 1. The first-order valence-electron chi connectivity index (χ1n) is 18.4. The highest BCUT2D eigenvalue weighted by atomic mass is 16.6. The van der Waals surface area contributed by atoms with E-state index in [1.807, 2.05) is 6.08 Å². The van der Waals surface area contributed by atoms with Crippen LogP contribution >= 0.6 is 0 Å². The predicted molar refractivity (Wildman–Crippen MR) is 191 cm³/mol. The van der Waals surface area contributed by atoms with E-state index in [0.29, 0.717) is 68.3 Å². The van der Waals surface area contributed by atoms with E-state index in [2.05, 4.69) is 19.2 Å². The Hall–Kier alpha value is -3.28. The Kier molecular flexibility index (Phi) is 14.9. The molecule has 1 aromatic carbocycles. The number of ether oxygens (including phenoxy) is 4. The number of nitrogens with one attached hydrogen (secondary N) is 1. The van der Waals surface area contributed by atoms with E-state index in [-0.39, 0.29) is 36.5 Å². The van der Waals surface area contributed by atoms with Crippen molar-refractivity contribution < 1.29 is 43.9 Å². The van der Waals surface area contributed by atoms with Gasteiger partial charge in [-0.3, -0.25) is 9.59 Å². The zero-order chi connectivity index (χ0) is 36.4. The molecule has 2 aliphatic carbocycles. The molecule has 3 aliphatic rings. The molecule has 8 unspecified atom stereocenters. The van der Waals surface area contributed by atoms with Gasteiger partial charge in [-0.15, -0.1) is 0 Å². The van der Waals surface area contributed by atoms with Crippen LogP contribution in [0.15, 0.2) is 30.1 Å². The number of rotatable bonds is 16. The van der Waals surface area contributed by atoms with E-state index in [1.165, 1.54) is 13.8 Å². The fourth-order valence-electron chi connectivity index (χ4n) is 8.82. The fourth-order valence-corrected chi connectivity index (χ4v) is 8.82. The first-order chi connectivity index (χ1) is 23.9. The fraction of sp³-hybridized carbons (Fsp3) is 0.692. The smallest absolute Gasteiger partial charge is 0.302 e. The highest BCUT2D eigenvalue weighted by Crippen LogP contribution is 2.49. The Morgan fingerprint density at radius 1 is 1.04 bits per heavy atom. The van der Waals surface area contributed by atoms with E-state index >= 15 is 0 Å². The maximum Gasteiger partial charge on any atom is 0.302 e. The van der Waals surface area contributed by atoms with E-state index < -0.39 is 30.3 Å². The maximum atomic E-state index is 12.6. The molecule has 0 radical (unpaired) electrons. The molecular weight excluding hydrogens is 640 g/mol. The molecule has 1 aromatic rings. The van der Waals surface area contributed by atoms with Crippen LogP contribution in [0.4, 0.5) is 0 Å². The summed E-state index contributed by atoms with van der Waals surface area (Å²) < 4.78 is 23.1. The monoisotopic (exact) mass is 700 g/mol. The molecule has 280 valence electrons. The molecule has 2 saturated carbocycles. The standard InChI is InChI=1S/C39H60N2O9/c1-23(2)32-9-7-26-16-29(32)17-30(18-35(45)33(26)11-14-47-5)37(50-25(4)44)21-31(49-24(3)43)8-6-27-19-38(48-15-13-42)36(46)22-34(27)28-10-12-41-39(40)20-28/h10,19-20,22-23,26,29-33,35,37,41-42,45-46H,6-9,11-18,21,40H2,1-5H3. The van der Waals surface area contributed by atoms with Gasteiger partial charge < -0.3 is 45.3 Å². The van der Waals surface area contributed by atoms with Crippen LogP contribution in [0.25, 0.3) is 5.57 Å². The number of dihydropyridines is 1. The molecule has 4 rings (SSSR count). The lowest BCUT2D eigenvalue weighted by Gasteiger charge is -2.47. The number of carbonyl (C=O) groups excluding carboxylic acids is 2. The maximum absolute atomic E-state index is 12.6. The molecule has 0 saturated heterocycles. The van der Waals surface area contributed by atoms with Crippen LogP contribution in [-0.2, 0) is 30.2 Å². The first-order valence-corrected chi connectivity index (χ1v) is 18.4. The lowest BCUT2D eigenvalue weighted by Crippen LogP contribution is -2.44. The Labute approximate surface area is 297 Å². The van der Waals surface area contributed by atoms with Crippen LogP contribution in [0.1, 0.15) is 90.2 Å². The number of aromatic hydroxyl groups is 1. The van der Waals surface area contributed by atoms with E-state index in [1.54, 1.807) is 25.3 Å². The van der Waals surface area contributed by atoms with Crippen molar-refractivity contribution in [1.29, 1.82) is 0 Å². The minimum absolute atomic E-state index is 0.0188. The van der Waals surface area contributed by atoms with E-state index in [4.69, 9.17) is 24.7 Å². The molecule has 0 aromatic heterocycles. The summed E-state index contributed by atoms with van der Waals surface area (Å²) in [4.78, 5) is 25.1. The second-order valence-electron chi connectivity index (χ2n) is 14.8. The van der Waals surface area contributed by atoms with Gasteiger partial charge in [0.25, 0.3) is 0 Å². The van der Waals surface area contributed by atoms with Crippen LogP contribution in [-0.4, -0.2) is 79.0 Å². The zero-order valence-corrected chi connectivity index (χ0v) is 30.6. The molecule has 6 N–H and O–H groups in total. The molecule has 1 aliphatic heterocycles. The number of carbonyl (C=O) groups is 2. The Bertz CT molecular complexity index is 1340. The van der Waals surface area contributed by atoms with Crippen molar-refractivity contribution in [3.05, 3.63) is 41.2 Å². The van der Waals surface area contributed by atoms with Crippen molar-refractivity contribution in [2.24, 2.45) is 41.2 Å². The molecule has 0 spiro atoms. The molecule has 2 bridgehead atoms. The number of phenols is 1. The summed E-state index contributed by atoms with van der Waals surface area (Å²) in [5.41, 5.74) is 8.51.